The van der Waals surface area contributed by atoms with Gasteiger partial charge in [0.05, 0.1) is 17.6 Å². The van der Waals surface area contributed by atoms with E-state index in [0.717, 1.165) is 42.1 Å². The molecule has 0 unspecified atom stereocenters. The van der Waals surface area contributed by atoms with Crippen molar-refractivity contribution < 1.29 is 9.90 Å². The topological polar surface area (TPSA) is 101 Å². The van der Waals surface area contributed by atoms with Gasteiger partial charge in [-0.3, -0.25) is 0 Å². The molecule has 1 aliphatic rings. The van der Waals surface area contributed by atoms with Gasteiger partial charge in [-0.05, 0) is 25.0 Å². The maximum absolute atomic E-state index is 12.7. The molecule has 28 heavy (non-hydrogen) atoms. The lowest BCUT2D eigenvalue weighted by Crippen LogP contribution is -2.45. The van der Waals surface area contributed by atoms with Gasteiger partial charge in [0.2, 0.25) is 0 Å². The molecule has 4 rings (SSSR count). The van der Waals surface area contributed by atoms with Crippen LogP contribution in [0.25, 0.3) is 11.0 Å². The van der Waals surface area contributed by atoms with E-state index in [4.69, 9.17) is 0 Å². The Hall–Kier alpha value is -2.94. The summed E-state index contributed by atoms with van der Waals surface area (Å²) in [6.07, 6.45) is 1.86. The number of aryl methyl sites for hydroxylation is 1. The number of aliphatic hydroxyl groups excluding tert-OH is 1. The van der Waals surface area contributed by atoms with E-state index >= 15 is 0 Å². The first-order valence-electron chi connectivity index (χ1n) is 9.50. The van der Waals surface area contributed by atoms with Crippen LogP contribution in [-0.4, -0.2) is 53.4 Å². The number of carbonyl (C=O) groups excluding carboxylic acids is 1. The molecule has 0 bridgehead atoms. The Balaban J connectivity index is 1.41. The summed E-state index contributed by atoms with van der Waals surface area (Å²) in [6.45, 7) is 1.55. The van der Waals surface area contributed by atoms with Crippen molar-refractivity contribution in [2.75, 3.05) is 13.1 Å². The first-order chi connectivity index (χ1) is 13.6. The molecule has 1 fully saturated rings. The van der Waals surface area contributed by atoms with Crippen LogP contribution >= 0.6 is 0 Å². The molecule has 0 spiro atoms. The minimum Gasteiger partial charge on any atom is -0.388 e. The molecular formula is C19H25N7O2. The number of likely N-dealkylation sites (tertiary alicyclic amines) is 1. The molecule has 0 saturated carbocycles. The lowest BCUT2D eigenvalue weighted by molar-refractivity contribution is 0.177. The summed E-state index contributed by atoms with van der Waals surface area (Å²) in [7, 11) is 3.81. The zero-order chi connectivity index (χ0) is 19.7. The fourth-order valence-corrected chi connectivity index (χ4v) is 3.86. The predicted octanol–water partition coefficient (Wildman–Crippen LogP) is 1.28. The van der Waals surface area contributed by atoms with Crippen molar-refractivity contribution in [2.45, 2.75) is 31.9 Å². The summed E-state index contributed by atoms with van der Waals surface area (Å²) in [5, 5.41) is 20.5. The van der Waals surface area contributed by atoms with Gasteiger partial charge in [-0.15, -0.1) is 10.2 Å². The highest BCUT2D eigenvalue weighted by molar-refractivity contribution is 5.76. The summed E-state index contributed by atoms with van der Waals surface area (Å²) < 4.78 is 3.83. The quantitative estimate of drug-likeness (QED) is 0.707. The molecule has 1 saturated heterocycles. The monoisotopic (exact) mass is 383 g/mol. The Labute approximate surface area is 163 Å². The maximum atomic E-state index is 12.7. The molecule has 2 N–H and O–H groups in total. The standard InChI is InChI=1S/C19H25N7O2/c1-24-15-8-4-3-7-14(15)21-16(24)10-20-19(28)26-9-5-6-13(11-26)18-23-22-17(12-27)25(18)2/h3-4,7-8,13,27H,5-6,9-12H2,1-2H3,(H,20,28)/t13-/m0/s1. The lowest BCUT2D eigenvalue weighted by Gasteiger charge is -2.32. The van der Waals surface area contributed by atoms with Gasteiger partial charge in [-0.2, -0.15) is 0 Å². The number of carbonyl (C=O) groups is 1. The van der Waals surface area contributed by atoms with Gasteiger partial charge in [0.15, 0.2) is 5.82 Å². The number of piperidine rings is 1. The Bertz CT molecular complexity index is 993. The number of hydrogen-bond donors (Lipinski definition) is 2. The summed E-state index contributed by atoms with van der Waals surface area (Å²) in [5.41, 5.74) is 1.97. The van der Waals surface area contributed by atoms with E-state index in [1.807, 2.05) is 52.4 Å². The number of imidazole rings is 1. The van der Waals surface area contributed by atoms with Crippen molar-refractivity contribution in [1.82, 2.24) is 34.5 Å². The van der Waals surface area contributed by atoms with Crippen LogP contribution in [-0.2, 0) is 27.2 Å². The average Bonchev–Trinajstić information content (AvgIpc) is 3.26. The highest BCUT2D eigenvalue weighted by Gasteiger charge is 2.28. The van der Waals surface area contributed by atoms with Gasteiger partial charge in [0, 0.05) is 33.1 Å². The van der Waals surface area contributed by atoms with Gasteiger partial charge in [0.1, 0.15) is 18.3 Å². The zero-order valence-electron chi connectivity index (χ0n) is 16.2. The number of aromatic nitrogens is 5. The smallest absolute Gasteiger partial charge is 0.317 e. The first-order valence-corrected chi connectivity index (χ1v) is 9.50. The van der Waals surface area contributed by atoms with Crippen LogP contribution in [0.15, 0.2) is 24.3 Å². The number of benzene rings is 1. The minimum absolute atomic E-state index is 0.0960. The van der Waals surface area contributed by atoms with Gasteiger partial charge < -0.3 is 24.5 Å². The maximum Gasteiger partial charge on any atom is 0.317 e. The van der Waals surface area contributed by atoms with Crippen molar-refractivity contribution in [2.24, 2.45) is 14.1 Å². The SMILES string of the molecule is Cn1c(CO)nnc1[C@H]1CCCN(C(=O)NCc2nc3ccccc3n2C)C1. The van der Waals surface area contributed by atoms with E-state index in [0.29, 0.717) is 18.9 Å². The van der Waals surface area contributed by atoms with E-state index in [2.05, 4.69) is 20.5 Å². The van der Waals surface area contributed by atoms with E-state index < -0.39 is 0 Å². The molecule has 148 valence electrons. The molecule has 2 amide bonds. The number of amides is 2. The highest BCUT2D eigenvalue weighted by atomic mass is 16.3. The molecule has 3 aromatic rings. The van der Waals surface area contributed by atoms with Crippen molar-refractivity contribution >= 4 is 17.1 Å². The van der Waals surface area contributed by atoms with Crippen LogP contribution in [0.5, 0.6) is 0 Å². The fraction of sp³-hybridized carbons (Fsp3) is 0.474. The Morgan fingerprint density at radius 2 is 2.04 bits per heavy atom. The van der Waals surface area contributed by atoms with Crippen LogP contribution in [0.2, 0.25) is 0 Å². The number of nitrogens with zero attached hydrogens (tertiary/aromatic N) is 6. The third-order valence-corrected chi connectivity index (χ3v) is 5.49. The van der Waals surface area contributed by atoms with Gasteiger partial charge in [-0.25, -0.2) is 9.78 Å². The molecule has 0 aliphatic carbocycles. The first kappa shape index (κ1) is 18.4. The van der Waals surface area contributed by atoms with Crippen molar-refractivity contribution in [3.05, 3.63) is 41.7 Å². The predicted molar refractivity (Wildman–Crippen MR) is 103 cm³/mol. The normalized spacial score (nSPS) is 17.2. The number of urea groups is 1. The number of aliphatic hydroxyl groups is 1. The second-order valence-electron chi connectivity index (χ2n) is 7.21. The molecule has 3 heterocycles. The molecular weight excluding hydrogens is 358 g/mol. The summed E-state index contributed by atoms with van der Waals surface area (Å²) in [4.78, 5) is 19.1. The Morgan fingerprint density at radius 3 is 2.79 bits per heavy atom. The molecule has 1 atom stereocenters. The number of fused-ring (bicyclic) bond motifs is 1. The molecule has 0 radical (unpaired) electrons. The molecule has 1 aromatic carbocycles. The second-order valence-corrected chi connectivity index (χ2v) is 7.21. The van der Waals surface area contributed by atoms with Crippen LogP contribution in [0.3, 0.4) is 0 Å². The lowest BCUT2D eigenvalue weighted by atomic mass is 9.97. The Kier molecular flexibility index (Phi) is 4.99. The van der Waals surface area contributed by atoms with Gasteiger partial charge in [0.25, 0.3) is 0 Å². The average molecular weight is 383 g/mol. The molecule has 9 nitrogen and oxygen atoms in total. The summed E-state index contributed by atoms with van der Waals surface area (Å²) >= 11 is 0. The summed E-state index contributed by atoms with van der Waals surface area (Å²) in [5.74, 6) is 2.30. The molecule has 1 aliphatic heterocycles. The van der Waals surface area contributed by atoms with Crippen LogP contribution in [0.1, 0.15) is 36.2 Å². The minimum atomic E-state index is -0.140. The number of nitrogens with one attached hydrogen (secondary N) is 1. The third-order valence-electron chi connectivity index (χ3n) is 5.49. The zero-order valence-corrected chi connectivity index (χ0v) is 16.2. The van der Waals surface area contributed by atoms with E-state index in [9.17, 15) is 9.90 Å². The Morgan fingerprint density at radius 1 is 1.21 bits per heavy atom. The largest absolute Gasteiger partial charge is 0.388 e. The summed E-state index contributed by atoms with van der Waals surface area (Å²) in [6, 6.07) is 7.83. The molecule has 2 aromatic heterocycles. The van der Waals surface area contributed by atoms with Crippen LogP contribution < -0.4 is 5.32 Å². The van der Waals surface area contributed by atoms with Gasteiger partial charge >= 0.3 is 6.03 Å². The number of rotatable bonds is 4. The number of para-hydroxylation sites is 2. The van der Waals surface area contributed by atoms with Crippen molar-refractivity contribution in [3.8, 4) is 0 Å². The highest BCUT2D eigenvalue weighted by Crippen LogP contribution is 2.25. The number of hydrogen-bond acceptors (Lipinski definition) is 5. The van der Waals surface area contributed by atoms with Crippen molar-refractivity contribution in [1.29, 1.82) is 0 Å². The van der Waals surface area contributed by atoms with Gasteiger partial charge in [-0.1, -0.05) is 12.1 Å². The van der Waals surface area contributed by atoms with Crippen molar-refractivity contribution in [3.63, 3.8) is 0 Å². The van der Waals surface area contributed by atoms with Crippen LogP contribution in [0.4, 0.5) is 4.79 Å². The fourth-order valence-electron chi connectivity index (χ4n) is 3.86. The molecule has 9 heteroatoms. The second kappa shape index (κ2) is 7.59. The van der Waals surface area contributed by atoms with E-state index in [1.165, 1.54) is 0 Å². The van der Waals surface area contributed by atoms with E-state index in [1.54, 1.807) is 0 Å². The third kappa shape index (κ3) is 3.33. The van der Waals surface area contributed by atoms with Crippen LogP contribution in [0, 0.1) is 0 Å². The van der Waals surface area contributed by atoms with E-state index in [-0.39, 0.29) is 18.6 Å².